The van der Waals surface area contributed by atoms with Gasteiger partial charge in [-0.15, -0.1) is 11.3 Å². The largest absolute Gasteiger partial charge is 0.478 e. The molecule has 0 amide bonds. The maximum absolute atomic E-state index is 11.1. The summed E-state index contributed by atoms with van der Waals surface area (Å²) in [5.41, 5.74) is 7.64. The number of carbonyl (C=O) groups is 1. The van der Waals surface area contributed by atoms with Gasteiger partial charge in [0.1, 0.15) is 0 Å². The number of aromatic carboxylic acids is 1. The minimum absolute atomic E-state index is 0.163. The van der Waals surface area contributed by atoms with Gasteiger partial charge in [0.25, 0.3) is 0 Å². The molecular weight excluding hydrogens is 384 g/mol. The van der Waals surface area contributed by atoms with E-state index in [0.29, 0.717) is 5.13 Å². The first kappa shape index (κ1) is 18.5. The Morgan fingerprint density at radius 1 is 1.00 bits per heavy atom. The molecule has 2 N–H and O–H groups in total. The van der Waals surface area contributed by atoms with Crippen LogP contribution in [-0.4, -0.2) is 27.3 Å². The SMILES string of the molecule is O=C(O)c1cncc(-c2ccc(C=NNc3nc(-c4ccccc4)cs3)cc2)c1. The van der Waals surface area contributed by atoms with Crippen molar-refractivity contribution in [1.29, 1.82) is 0 Å². The van der Waals surface area contributed by atoms with Crippen molar-refractivity contribution in [2.75, 3.05) is 5.43 Å². The minimum Gasteiger partial charge on any atom is -0.478 e. The number of hydrogen-bond acceptors (Lipinski definition) is 6. The monoisotopic (exact) mass is 400 g/mol. The van der Waals surface area contributed by atoms with Crippen LogP contribution in [0.3, 0.4) is 0 Å². The summed E-state index contributed by atoms with van der Waals surface area (Å²) >= 11 is 1.49. The van der Waals surface area contributed by atoms with Crippen molar-refractivity contribution in [2.45, 2.75) is 0 Å². The Hall–Kier alpha value is -3.84. The Bertz CT molecular complexity index is 1150. The van der Waals surface area contributed by atoms with Gasteiger partial charge in [0, 0.05) is 28.9 Å². The molecule has 2 aromatic carbocycles. The Balaban J connectivity index is 1.41. The zero-order valence-electron chi connectivity index (χ0n) is 15.2. The van der Waals surface area contributed by atoms with Gasteiger partial charge in [-0.25, -0.2) is 9.78 Å². The molecule has 0 saturated heterocycles. The number of thiazole rings is 1. The summed E-state index contributed by atoms with van der Waals surface area (Å²) in [5, 5.41) is 16.0. The average molecular weight is 400 g/mol. The third kappa shape index (κ3) is 4.53. The molecule has 0 radical (unpaired) electrons. The third-order valence-corrected chi connectivity index (χ3v) is 4.92. The molecule has 4 aromatic rings. The lowest BCUT2D eigenvalue weighted by Crippen LogP contribution is -1.97. The van der Waals surface area contributed by atoms with E-state index in [4.69, 9.17) is 5.11 Å². The van der Waals surface area contributed by atoms with Crippen LogP contribution in [0.1, 0.15) is 15.9 Å². The lowest BCUT2D eigenvalue weighted by atomic mass is 10.0. The first-order valence-electron chi connectivity index (χ1n) is 8.78. The molecule has 2 heterocycles. The van der Waals surface area contributed by atoms with Crippen molar-refractivity contribution in [3.8, 4) is 22.4 Å². The van der Waals surface area contributed by atoms with Gasteiger partial charge in [0.15, 0.2) is 0 Å². The summed E-state index contributed by atoms with van der Waals surface area (Å²) in [5.74, 6) is -0.994. The van der Waals surface area contributed by atoms with Gasteiger partial charge in [-0.2, -0.15) is 5.10 Å². The van der Waals surface area contributed by atoms with Gasteiger partial charge >= 0.3 is 5.97 Å². The molecule has 0 spiro atoms. The second-order valence-corrected chi connectivity index (χ2v) is 7.02. The van der Waals surface area contributed by atoms with Crippen LogP contribution in [0.15, 0.2) is 83.5 Å². The molecule has 29 heavy (non-hydrogen) atoms. The highest BCUT2D eigenvalue weighted by Gasteiger charge is 2.06. The van der Waals surface area contributed by atoms with E-state index in [1.807, 2.05) is 60.0 Å². The number of pyridine rings is 1. The fourth-order valence-corrected chi connectivity index (χ4v) is 3.37. The standard InChI is InChI=1S/C22H16N4O2S/c27-21(28)19-10-18(12-23-13-19)16-8-6-15(7-9-16)11-24-26-22-25-20(14-29-22)17-4-2-1-3-5-17/h1-14H,(H,25,26)(H,27,28). The summed E-state index contributed by atoms with van der Waals surface area (Å²) in [4.78, 5) is 19.6. The zero-order valence-corrected chi connectivity index (χ0v) is 16.0. The fraction of sp³-hybridized carbons (Fsp3) is 0. The summed E-state index contributed by atoms with van der Waals surface area (Å²) in [6, 6.07) is 19.2. The van der Waals surface area contributed by atoms with E-state index in [2.05, 4.69) is 20.5 Å². The number of hydrazone groups is 1. The summed E-state index contributed by atoms with van der Waals surface area (Å²) in [6.45, 7) is 0. The van der Waals surface area contributed by atoms with Gasteiger partial charge < -0.3 is 5.11 Å². The number of nitrogens with one attached hydrogen (secondary N) is 1. The smallest absolute Gasteiger partial charge is 0.337 e. The molecule has 4 rings (SSSR count). The Labute approximate surface area is 171 Å². The topological polar surface area (TPSA) is 87.5 Å². The molecule has 0 bridgehead atoms. The minimum atomic E-state index is -0.994. The first-order chi connectivity index (χ1) is 14.2. The lowest BCUT2D eigenvalue weighted by molar-refractivity contribution is 0.0696. The second-order valence-electron chi connectivity index (χ2n) is 6.16. The van der Waals surface area contributed by atoms with Crippen LogP contribution in [0.4, 0.5) is 5.13 Å². The summed E-state index contributed by atoms with van der Waals surface area (Å²) < 4.78 is 0. The molecule has 7 heteroatoms. The molecular formula is C22H16N4O2S. The number of anilines is 1. The van der Waals surface area contributed by atoms with E-state index in [0.717, 1.165) is 27.9 Å². The highest BCUT2D eigenvalue weighted by atomic mass is 32.1. The average Bonchev–Trinajstić information content (AvgIpc) is 3.24. The van der Waals surface area contributed by atoms with Crippen molar-refractivity contribution in [1.82, 2.24) is 9.97 Å². The maximum Gasteiger partial charge on any atom is 0.337 e. The quantitative estimate of drug-likeness (QED) is 0.351. The van der Waals surface area contributed by atoms with E-state index in [1.54, 1.807) is 18.5 Å². The van der Waals surface area contributed by atoms with Crippen LogP contribution in [0.2, 0.25) is 0 Å². The second kappa shape index (κ2) is 8.45. The van der Waals surface area contributed by atoms with Crippen molar-refractivity contribution in [3.63, 3.8) is 0 Å². The highest BCUT2D eigenvalue weighted by molar-refractivity contribution is 7.14. The lowest BCUT2D eigenvalue weighted by Gasteiger charge is -2.03. The van der Waals surface area contributed by atoms with Gasteiger partial charge in [0.05, 0.1) is 17.5 Å². The van der Waals surface area contributed by atoms with Crippen molar-refractivity contribution >= 4 is 28.7 Å². The van der Waals surface area contributed by atoms with Crippen LogP contribution >= 0.6 is 11.3 Å². The predicted octanol–water partition coefficient (Wildman–Crippen LogP) is 5.02. The molecule has 0 unspecified atom stereocenters. The number of hydrogen-bond donors (Lipinski definition) is 2. The van der Waals surface area contributed by atoms with Crippen LogP contribution in [0, 0.1) is 0 Å². The maximum atomic E-state index is 11.1. The van der Waals surface area contributed by atoms with Gasteiger partial charge in [-0.1, -0.05) is 54.6 Å². The van der Waals surface area contributed by atoms with E-state index >= 15 is 0 Å². The molecule has 0 saturated carbocycles. The Kier molecular flexibility index (Phi) is 5.40. The van der Waals surface area contributed by atoms with Crippen LogP contribution in [-0.2, 0) is 0 Å². The van der Waals surface area contributed by atoms with E-state index in [1.165, 1.54) is 17.5 Å². The molecule has 0 atom stereocenters. The molecule has 0 aliphatic carbocycles. The van der Waals surface area contributed by atoms with E-state index < -0.39 is 5.97 Å². The number of carboxylic acids is 1. The van der Waals surface area contributed by atoms with Gasteiger partial charge in [0.2, 0.25) is 5.13 Å². The van der Waals surface area contributed by atoms with Crippen molar-refractivity contribution in [3.05, 3.63) is 89.6 Å². The van der Waals surface area contributed by atoms with Crippen LogP contribution < -0.4 is 5.43 Å². The Morgan fingerprint density at radius 3 is 2.55 bits per heavy atom. The number of carboxylic acid groups (broad SMARTS) is 1. The van der Waals surface area contributed by atoms with E-state index in [9.17, 15) is 4.79 Å². The molecule has 142 valence electrons. The van der Waals surface area contributed by atoms with Crippen LogP contribution in [0.5, 0.6) is 0 Å². The molecule has 0 aliphatic heterocycles. The number of nitrogens with zero attached hydrogens (tertiary/aromatic N) is 3. The molecule has 6 nitrogen and oxygen atoms in total. The molecule has 2 aromatic heterocycles. The number of rotatable bonds is 6. The summed E-state index contributed by atoms with van der Waals surface area (Å²) in [7, 11) is 0. The van der Waals surface area contributed by atoms with Crippen molar-refractivity contribution < 1.29 is 9.90 Å². The van der Waals surface area contributed by atoms with Crippen LogP contribution in [0.25, 0.3) is 22.4 Å². The third-order valence-electron chi connectivity index (χ3n) is 4.18. The predicted molar refractivity (Wildman–Crippen MR) is 115 cm³/mol. The molecule has 0 aliphatic rings. The zero-order chi connectivity index (χ0) is 20.1. The number of aromatic nitrogens is 2. The first-order valence-corrected chi connectivity index (χ1v) is 9.66. The summed E-state index contributed by atoms with van der Waals surface area (Å²) in [6.07, 6.45) is 4.68. The number of benzene rings is 2. The Morgan fingerprint density at radius 2 is 1.79 bits per heavy atom. The van der Waals surface area contributed by atoms with Crippen molar-refractivity contribution in [2.24, 2.45) is 5.10 Å². The van der Waals surface area contributed by atoms with Gasteiger partial charge in [-0.05, 0) is 17.2 Å². The fourth-order valence-electron chi connectivity index (χ4n) is 2.71. The van der Waals surface area contributed by atoms with Gasteiger partial charge in [-0.3, -0.25) is 10.4 Å². The normalized spacial score (nSPS) is 10.9. The highest BCUT2D eigenvalue weighted by Crippen LogP contribution is 2.24. The van der Waals surface area contributed by atoms with E-state index in [-0.39, 0.29) is 5.56 Å². The molecule has 0 fully saturated rings.